The van der Waals surface area contributed by atoms with E-state index < -0.39 is 23.8 Å². The van der Waals surface area contributed by atoms with Crippen LogP contribution in [-0.4, -0.2) is 85.4 Å². The van der Waals surface area contributed by atoms with Crippen LogP contribution in [-0.2, 0) is 21.4 Å². The summed E-state index contributed by atoms with van der Waals surface area (Å²) in [5.41, 5.74) is 1.57. The molecule has 11 heteroatoms. The second kappa shape index (κ2) is 13.6. The van der Waals surface area contributed by atoms with Crippen LogP contribution in [0.25, 0.3) is 0 Å². The van der Waals surface area contributed by atoms with E-state index in [2.05, 4.69) is 6.92 Å². The SMILES string of the molecule is CCCCN(C(=O)CN1C[C@H](c2cc(OC)c3c(c2)OCO3)C(C(=O)O)[C@@H]1CCN1CCCCC1=O)c1ccc[n+](C)c1. The number of carbonyl (C=O) groups is 3. The molecule has 3 aliphatic rings. The van der Waals surface area contributed by atoms with Crippen LogP contribution < -0.4 is 23.7 Å². The molecule has 5 rings (SSSR count). The van der Waals surface area contributed by atoms with Crippen molar-refractivity contribution in [2.45, 2.75) is 57.4 Å². The van der Waals surface area contributed by atoms with E-state index in [1.165, 1.54) is 0 Å². The largest absolute Gasteiger partial charge is 0.493 e. The Morgan fingerprint density at radius 3 is 2.79 bits per heavy atom. The summed E-state index contributed by atoms with van der Waals surface area (Å²) >= 11 is 0. The Labute approximate surface area is 252 Å². The summed E-state index contributed by atoms with van der Waals surface area (Å²) in [6.07, 6.45) is 8.46. The van der Waals surface area contributed by atoms with Crippen LogP contribution in [0.5, 0.6) is 17.2 Å². The van der Waals surface area contributed by atoms with Crippen LogP contribution in [0.3, 0.4) is 0 Å². The topological polar surface area (TPSA) is 113 Å². The van der Waals surface area contributed by atoms with Crippen molar-refractivity contribution in [2.75, 3.05) is 51.5 Å². The summed E-state index contributed by atoms with van der Waals surface area (Å²) in [6, 6.07) is 7.05. The van der Waals surface area contributed by atoms with Crippen LogP contribution >= 0.6 is 0 Å². The fourth-order valence-corrected chi connectivity index (χ4v) is 6.65. The number of pyridine rings is 1. The first kappa shape index (κ1) is 30.6. The van der Waals surface area contributed by atoms with Crippen molar-refractivity contribution < 1.29 is 38.3 Å². The molecule has 1 unspecified atom stereocenters. The molecule has 0 aliphatic carbocycles. The highest BCUT2D eigenvalue weighted by Crippen LogP contribution is 2.47. The van der Waals surface area contributed by atoms with E-state index in [0.29, 0.717) is 56.3 Å². The molecule has 1 aromatic carbocycles. The number of rotatable bonds is 12. The lowest BCUT2D eigenvalue weighted by Gasteiger charge is -2.32. The number of carbonyl (C=O) groups excluding carboxylic acids is 2. The lowest BCUT2D eigenvalue weighted by Crippen LogP contribution is -2.46. The number of hydrogen-bond acceptors (Lipinski definition) is 7. The van der Waals surface area contributed by atoms with Gasteiger partial charge in [0.1, 0.15) is 12.7 Å². The van der Waals surface area contributed by atoms with Gasteiger partial charge in [-0.25, -0.2) is 4.57 Å². The standard InChI is InChI=1S/C32H42N4O7/c1-4-5-14-36(23-9-8-12-33(2)18-23)29(38)20-35-19-24(22-16-26(41-3)31-27(17-22)42-21-43-31)30(32(39)40)25(35)11-15-34-13-7-6-10-28(34)37/h8-9,12,16-18,24-25,30H,4-7,10-11,13-15,19-21H2,1-3H3/p+1/t24-,25+,30?/m1/s1. The number of aliphatic carboxylic acids is 1. The minimum Gasteiger partial charge on any atom is -0.493 e. The number of hydrogen-bond donors (Lipinski definition) is 1. The minimum atomic E-state index is -0.926. The molecule has 4 heterocycles. The highest BCUT2D eigenvalue weighted by Gasteiger charge is 2.48. The summed E-state index contributed by atoms with van der Waals surface area (Å²) in [6.45, 7) is 4.32. The Hall–Kier alpha value is -3.86. The maximum absolute atomic E-state index is 14.0. The van der Waals surface area contributed by atoms with E-state index in [0.717, 1.165) is 36.9 Å². The van der Waals surface area contributed by atoms with Gasteiger partial charge in [-0.3, -0.25) is 19.3 Å². The average molecular weight is 596 g/mol. The Balaban J connectivity index is 1.46. The van der Waals surface area contributed by atoms with Crippen LogP contribution in [0.1, 0.15) is 56.9 Å². The third-order valence-corrected chi connectivity index (χ3v) is 8.87. The summed E-state index contributed by atoms with van der Waals surface area (Å²) < 4.78 is 18.7. The van der Waals surface area contributed by atoms with E-state index in [1.54, 1.807) is 12.0 Å². The highest BCUT2D eigenvalue weighted by molar-refractivity contribution is 5.94. The van der Waals surface area contributed by atoms with Crippen molar-refractivity contribution in [2.24, 2.45) is 13.0 Å². The number of fused-ring (bicyclic) bond motifs is 1. The van der Waals surface area contributed by atoms with Gasteiger partial charge in [0.25, 0.3) is 0 Å². The number of carboxylic acid groups (broad SMARTS) is 1. The third-order valence-electron chi connectivity index (χ3n) is 8.87. The molecule has 11 nitrogen and oxygen atoms in total. The number of carboxylic acids is 1. The maximum atomic E-state index is 14.0. The van der Waals surface area contributed by atoms with Gasteiger partial charge in [-0.05, 0) is 49.4 Å². The first-order valence-electron chi connectivity index (χ1n) is 15.3. The first-order valence-corrected chi connectivity index (χ1v) is 15.3. The number of methoxy groups -OCH3 is 1. The zero-order valence-electron chi connectivity index (χ0n) is 25.4. The van der Waals surface area contributed by atoms with E-state index in [4.69, 9.17) is 14.2 Å². The Bertz CT molecular complexity index is 1330. The molecule has 1 aromatic heterocycles. The van der Waals surface area contributed by atoms with E-state index in [9.17, 15) is 19.5 Å². The molecule has 2 fully saturated rings. The Kier molecular flexibility index (Phi) is 9.69. The zero-order valence-corrected chi connectivity index (χ0v) is 25.4. The van der Waals surface area contributed by atoms with Crippen molar-refractivity contribution >= 4 is 23.5 Å². The van der Waals surface area contributed by atoms with Crippen LogP contribution in [0, 0.1) is 5.92 Å². The first-order chi connectivity index (χ1) is 20.8. The summed E-state index contributed by atoms with van der Waals surface area (Å²) in [5.74, 6) is -0.598. The van der Waals surface area contributed by atoms with Crippen molar-refractivity contribution in [3.8, 4) is 17.2 Å². The number of nitrogens with zero attached hydrogens (tertiary/aromatic N) is 4. The molecule has 2 aromatic rings. The molecule has 0 spiro atoms. The van der Waals surface area contributed by atoms with Gasteiger partial charge in [-0.15, -0.1) is 0 Å². The molecular weight excluding hydrogens is 552 g/mol. The van der Waals surface area contributed by atoms with Gasteiger partial charge in [-0.1, -0.05) is 13.3 Å². The van der Waals surface area contributed by atoms with Crippen molar-refractivity contribution in [1.82, 2.24) is 9.80 Å². The molecule has 3 aliphatic heterocycles. The van der Waals surface area contributed by atoms with Crippen LogP contribution in [0.4, 0.5) is 5.69 Å². The number of benzene rings is 1. The Morgan fingerprint density at radius 2 is 2.07 bits per heavy atom. The number of piperidine rings is 1. The third kappa shape index (κ3) is 6.71. The molecule has 0 saturated carbocycles. The number of anilines is 1. The molecule has 232 valence electrons. The van der Waals surface area contributed by atoms with Crippen molar-refractivity contribution in [3.05, 3.63) is 42.2 Å². The molecular formula is C32H43N4O7+. The van der Waals surface area contributed by atoms with Gasteiger partial charge < -0.3 is 29.1 Å². The second-order valence-corrected chi connectivity index (χ2v) is 11.7. The van der Waals surface area contributed by atoms with Crippen molar-refractivity contribution in [3.63, 3.8) is 0 Å². The van der Waals surface area contributed by atoms with Crippen molar-refractivity contribution in [1.29, 1.82) is 0 Å². The predicted molar refractivity (Wildman–Crippen MR) is 158 cm³/mol. The molecule has 0 bridgehead atoms. The Morgan fingerprint density at radius 1 is 1.23 bits per heavy atom. The molecule has 43 heavy (non-hydrogen) atoms. The second-order valence-electron chi connectivity index (χ2n) is 11.7. The lowest BCUT2D eigenvalue weighted by atomic mass is 9.84. The van der Waals surface area contributed by atoms with Gasteiger partial charge in [0.05, 0.1) is 19.6 Å². The number of aromatic nitrogens is 1. The normalized spacial score (nSPS) is 21.7. The monoisotopic (exact) mass is 595 g/mol. The number of likely N-dealkylation sites (tertiary alicyclic amines) is 2. The quantitative estimate of drug-likeness (QED) is 0.373. The van der Waals surface area contributed by atoms with Gasteiger partial charge in [-0.2, -0.15) is 0 Å². The van der Waals surface area contributed by atoms with Crippen LogP contribution in [0.15, 0.2) is 36.7 Å². The molecule has 2 saturated heterocycles. The lowest BCUT2D eigenvalue weighted by molar-refractivity contribution is -0.670. The fraction of sp³-hybridized carbons (Fsp3) is 0.562. The van der Waals surface area contributed by atoms with E-state index in [-0.39, 0.29) is 25.2 Å². The molecule has 3 atom stereocenters. The van der Waals surface area contributed by atoms with E-state index in [1.807, 2.05) is 58.1 Å². The number of ether oxygens (including phenoxy) is 3. The fourth-order valence-electron chi connectivity index (χ4n) is 6.65. The van der Waals surface area contributed by atoms with Gasteiger partial charge >= 0.3 is 5.97 Å². The summed E-state index contributed by atoms with van der Waals surface area (Å²) in [7, 11) is 3.47. The highest BCUT2D eigenvalue weighted by atomic mass is 16.7. The maximum Gasteiger partial charge on any atom is 0.308 e. The minimum absolute atomic E-state index is 0.0696. The van der Waals surface area contributed by atoms with Gasteiger partial charge in [0, 0.05) is 50.6 Å². The van der Waals surface area contributed by atoms with Crippen LogP contribution in [0.2, 0.25) is 0 Å². The molecule has 1 N–H and O–H groups in total. The number of amides is 2. The molecule has 2 amide bonds. The summed E-state index contributed by atoms with van der Waals surface area (Å²) in [4.78, 5) is 45.2. The van der Waals surface area contributed by atoms with E-state index >= 15 is 0 Å². The zero-order chi connectivity index (χ0) is 30.5. The predicted octanol–water partition coefficient (Wildman–Crippen LogP) is 2.95. The average Bonchev–Trinajstić information content (AvgIpc) is 3.61. The smallest absolute Gasteiger partial charge is 0.308 e. The molecule has 0 radical (unpaired) electrons. The van der Waals surface area contributed by atoms with Gasteiger partial charge in [0.2, 0.25) is 24.4 Å². The number of unbranched alkanes of at least 4 members (excludes halogenated alkanes) is 1. The summed E-state index contributed by atoms with van der Waals surface area (Å²) in [5, 5.41) is 10.6. The van der Waals surface area contributed by atoms with Gasteiger partial charge in [0.15, 0.2) is 23.9 Å². The number of aryl methyl sites for hydroxylation is 1.